The first kappa shape index (κ1) is 23.6. The Morgan fingerprint density at radius 1 is 1.00 bits per heavy atom. The van der Waals surface area contributed by atoms with Crippen molar-refractivity contribution < 1.29 is 26.4 Å². The van der Waals surface area contributed by atoms with E-state index in [0.29, 0.717) is 44.7 Å². The van der Waals surface area contributed by atoms with Crippen LogP contribution in [0.3, 0.4) is 0 Å². The van der Waals surface area contributed by atoms with Crippen LogP contribution < -0.4 is 4.90 Å². The van der Waals surface area contributed by atoms with Gasteiger partial charge in [0, 0.05) is 56.9 Å². The Hall–Kier alpha value is -2.59. The third-order valence-electron chi connectivity index (χ3n) is 6.42. The van der Waals surface area contributed by atoms with Crippen LogP contribution in [0, 0.1) is 17.5 Å². The number of halogens is 3. The topological polar surface area (TPSA) is 60.9 Å². The van der Waals surface area contributed by atoms with Crippen molar-refractivity contribution in [2.24, 2.45) is 0 Å². The Kier molecular flexibility index (Phi) is 6.67. The molecule has 0 unspecified atom stereocenters. The number of nitrogens with zero attached hydrogens (tertiary/aromatic N) is 3. The molecule has 2 aliphatic rings. The Morgan fingerprint density at radius 3 is 2.15 bits per heavy atom. The van der Waals surface area contributed by atoms with E-state index < -0.39 is 38.4 Å². The maximum absolute atomic E-state index is 15.0. The molecular formula is C23H26F3N3O3S. The van der Waals surface area contributed by atoms with Gasteiger partial charge in [-0.1, -0.05) is 18.6 Å². The summed E-state index contributed by atoms with van der Waals surface area (Å²) in [5, 5.41) is 0. The van der Waals surface area contributed by atoms with E-state index >= 15 is 4.39 Å². The highest BCUT2D eigenvalue weighted by atomic mass is 32.2. The van der Waals surface area contributed by atoms with Crippen molar-refractivity contribution in [2.45, 2.75) is 43.7 Å². The van der Waals surface area contributed by atoms with Gasteiger partial charge in [0.25, 0.3) is 0 Å². The summed E-state index contributed by atoms with van der Waals surface area (Å²) in [4.78, 5) is 14.2. The molecule has 0 bridgehead atoms. The van der Waals surface area contributed by atoms with E-state index in [1.54, 1.807) is 11.0 Å². The van der Waals surface area contributed by atoms with Crippen LogP contribution in [-0.4, -0.2) is 55.8 Å². The fourth-order valence-electron chi connectivity index (χ4n) is 4.24. The zero-order chi connectivity index (χ0) is 23.8. The number of piperazine rings is 1. The lowest BCUT2D eigenvalue weighted by Crippen LogP contribution is -2.48. The van der Waals surface area contributed by atoms with E-state index in [1.807, 2.05) is 4.90 Å². The number of amides is 1. The standard InChI is InChI=1S/C23H26F3N3O3S/c1-16(30)27-10-12-28(13-11-27)19-9-8-17(22(26)14-19)15-29(18-4-2-5-18)33(31,32)23-20(24)6-3-7-21(23)25/h3,6-9,14,18H,2,4-5,10-13,15H2,1H3. The van der Waals surface area contributed by atoms with Gasteiger partial charge in [-0.3, -0.25) is 4.79 Å². The van der Waals surface area contributed by atoms with E-state index in [2.05, 4.69) is 0 Å². The molecule has 1 amide bonds. The molecule has 4 rings (SSSR count). The molecule has 1 saturated carbocycles. The first-order chi connectivity index (χ1) is 15.7. The van der Waals surface area contributed by atoms with Crippen molar-refractivity contribution in [1.82, 2.24) is 9.21 Å². The zero-order valence-electron chi connectivity index (χ0n) is 18.3. The van der Waals surface area contributed by atoms with E-state index in [4.69, 9.17) is 0 Å². The summed E-state index contributed by atoms with van der Waals surface area (Å²) in [6, 6.07) is 7.03. The van der Waals surface area contributed by atoms with Crippen molar-refractivity contribution in [2.75, 3.05) is 31.1 Å². The van der Waals surface area contributed by atoms with Gasteiger partial charge in [-0.25, -0.2) is 21.6 Å². The number of hydrogen-bond donors (Lipinski definition) is 0. The Labute approximate surface area is 191 Å². The van der Waals surface area contributed by atoms with Crippen LogP contribution in [0.2, 0.25) is 0 Å². The van der Waals surface area contributed by atoms with Gasteiger partial charge >= 0.3 is 0 Å². The molecule has 33 heavy (non-hydrogen) atoms. The van der Waals surface area contributed by atoms with E-state index in [9.17, 15) is 22.0 Å². The van der Waals surface area contributed by atoms with Crippen LogP contribution in [0.4, 0.5) is 18.9 Å². The molecule has 0 spiro atoms. The molecule has 178 valence electrons. The van der Waals surface area contributed by atoms with Crippen LogP contribution in [0.25, 0.3) is 0 Å². The zero-order valence-corrected chi connectivity index (χ0v) is 19.1. The number of rotatable bonds is 6. The van der Waals surface area contributed by atoms with Gasteiger partial charge in [0.2, 0.25) is 15.9 Å². The van der Waals surface area contributed by atoms with Crippen molar-refractivity contribution in [3.8, 4) is 0 Å². The molecule has 0 atom stereocenters. The molecule has 2 aromatic rings. The van der Waals surface area contributed by atoms with Crippen molar-refractivity contribution in [3.63, 3.8) is 0 Å². The highest BCUT2D eigenvalue weighted by Crippen LogP contribution is 2.34. The van der Waals surface area contributed by atoms with E-state index in [0.717, 1.165) is 28.9 Å². The molecule has 2 aromatic carbocycles. The fraction of sp³-hybridized carbons (Fsp3) is 0.435. The second kappa shape index (κ2) is 9.34. The van der Waals surface area contributed by atoms with Gasteiger partial charge in [0.15, 0.2) is 4.90 Å². The van der Waals surface area contributed by atoms with Gasteiger partial charge in [0.05, 0.1) is 0 Å². The molecule has 10 heteroatoms. The van der Waals surface area contributed by atoms with Gasteiger partial charge in [-0.05, 0) is 37.1 Å². The predicted molar refractivity (Wildman–Crippen MR) is 118 cm³/mol. The lowest BCUT2D eigenvalue weighted by atomic mass is 9.93. The quantitative estimate of drug-likeness (QED) is 0.634. The maximum Gasteiger partial charge on any atom is 0.249 e. The summed E-state index contributed by atoms with van der Waals surface area (Å²) in [5.41, 5.74) is 0.769. The van der Waals surface area contributed by atoms with Crippen LogP contribution in [0.1, 0.15) is 31.7 Å². The van der Waals surface area contributed by atoms with Gasteiger partial charge in [-0.15, -0.1) is 0 Å². The van der Waals surface area contributed by atoms with Crippen molar-refractivity contribution in [3.05, 3.63) is 59.4 Å². The normalized spacial score (nSPS) is 17.4. The maximum atomic E-state index is 15.0. The molecule has 6 nitrogen and oxygen atoms in total. The molecule has 2 fully saturated rings. The van der Waals surface area contributed by atoms with Crippen LogP contribution in [-0.2, 0) is 21.4 Å². The first-order valence-electron chi connectivity index (χ1n) is 10.9. The minimum Gasteiger partial charge on any atom is -0.368 e. The van der Waals surface area contributed by atoms with Gasteiger partial charge in [0.1, 0.15) is 17.5 Å². The molecule has 1 aliphatic heterocycles. The van der Waals surface area contributed by atoms with Crippen LogP contribution in [0.5, 0.6) is 0 Å². The summed E-state index contributed by atoms with van der Waals surface area (Å²) in [7, 11) is -4.51. The second-order valence-corrected chi connectivity index (χ2v) is 10.3. The summed E-state index contributed by atoms with van der Waals surface area (Å²) >= 11 is 0. The Morgan fingerprint density at radius 2 is 1.64 bits per heavy atom. The SMILES string of the molecule is CC(=O)N1CCN(c2ccc(CN(C3CCC3)S(=O)(=O)c3c(F)cccc3F)c(F)c2)CC1. The summed E-state index contributed by atoms with van der Waals surface area (Å²) < 4.78 is 71.1. The predicted octanol–water partition coefficient (Wildman–Crippen LogP) is 3.52. The highest BCUT2D eigenvalue weighted by Gasteiger charge is 2.38. The lowest BCUT2D eigenvalue weighted by Gasteiger charge is -2.37. The highest BCUT2D eigenvalue weighted by molar-refractivity contribution is 7.89. The largest absolute Gasteiger partial charge is 0.368 e. The number of anilines is 1. The minimum absolute atomic E-state index is 0.000219. The molecule has 0 aromatic heterocycles. The number of carbonyl (C=O) groups excluding carboxylic acids is 1. The fourth-order valence-corrected chi connectivity index (χ4v) is 6.02. The van der Waals surface area contributed by atoms with Crippen LogP contribution in [0.15, 0.2) is 41.3 Å². The van der Waals surface area contributed by atoms with Crippen molar-refractivity contribution in [1.29, 1.82) is 0 Å². The molecule has 1 heterocycles. The van der Waals surface area contributed by atoms with E-state index in [1.165, 1.54) is 19.1 Å². The average molecular weight is 482 g/mol. The van der Waals surface area contributed by atoms with Gasteiger partial charge < -0.3 is 9.80 Å². The summed E-state index contributed by atoms with van der Waals surface area (Å²) in [5.74, 6) is -2.92. The minimum atomic E-state index is -4.51. The number of hydrogen-bond acceptors (Lipinski definition) is 4. The Bertz CT molecular complexity index is 1130. The van der Waals surface area contributed by atoms with Gasteiger partial charge in [-0.2, -0.15) is 4.31 Å². The number of carbonyl (C=O) groups is 1. The summed E-state index contributed by atoms with van der Waals surface area (Å²) in [6.07, 6.45) is 1.90. The van der Waals surface area contributed by atoms with Crippen LogP contribution >= 0.6 is 0 Å². The molecule has 1 saturated heterocycles. The third kappa shape index (κ3) is 4.72. The van der Waals surface area contributed by atoms with Crippen molar-refractivity contribution >= 4 is 21.6 Å². The number of sulfonamides is 1. The molecular weight excluding hydrogens is 455 g/mol. The first-order valence-corrected chi connectivity index (χ1v) is 12.4. The molecule has 0 N–H and O–H groups in total. The third-order valence-corrected chi connectivity index (χ3v) is 8.37. The monoisotopic (exact) mass is 481 g/mol. The molecule has 1 aliphatic carbocycles. The number of benzene rings is 2. The smallest absolute Gasteiger partial charge is 0.249 e. The second-order valence-electron chi connectivity index (χ2n) is 8.45. The molecule has 0 radical (unpaired) electrons. The summed E-state index contributed by atoms with van der Waals surface area (Å²) in [6.45, 7) is 3.41. The van der Waals surface area contributed by atoms with E-state index in [-0.39, 0.29) is 18.0 Å². The average Bonchev–Trinajstić information content (AvgIpc) is 2.73. The lowest BCUT2D eigenvalue weighted by molar-refractivity contribution is -0.129. The Balaban J connectivity index is 1.57.